The molecule has 1 aliphatic rings. The number of carbonyl (C=O) groups is 1. The summed E-state index contributed by atoms with van der Waals surface area (Å²) < 4.78 is 5.45. The summed E-state index contributed by atoms with van der Waals surface area (Å²) >= 11 is 0. The Morgan fingerprint density at radius 3 is 2.56 bits per heavy atom. The second-order valence-corrected chi connectivity index (χ2v) is 5.57. The second-order valence-electron chi connectivity index (χ2n) is 5.57. The molecule has 1 fully saturated rings. The summed E-state index contributed by atoms with van der Waals surface area (Å²) in [5.74, 6) is 2.23. The Hall–Kier alpha value is -1.25. The van der Waals surface area contributed by atoms with E-state index < -0.39 is 0 Å². The average molecular weight is 249 g/mol. The van der Waals surface area contributed by atoms with E-state index in [9.17, 15) is 4.79 Å². The molecule has 18 heavy (non-hydrogen) atoms. The van der Waals surface area contributed by atoms with Crippen LogP contribution in [0.1, 0.15) is 54.5 Å². The minimum atomic E-state index is 0.100. The molecular weight excluding hydrogens is 226 g/mol. The minimum Gasteiger partial charge on any atom is -0.466 e. The van der Waals surface area contributed by atoms with Gasteiger partial charge in [-0.15, -0.1) is 0 Å². The summed E-state index contributed by atoms with van der Waals surface area (Å²) in [6.07, 6.45) is 4.88. The van der Waals surface area contributed by atoms with Crippen LogP contribution in [-0.4, -0.2) is 23.9 Å². The van der Waals surface area contributed by atoms with Gasteiger partial charge >= 0.3 is 0 Å². The topological polar surface area (TPSA) is 33.5 Å². The highest BCUT2D eigenvalue weighted by Crippen LogP contribution is 2.28. The smallest absolute Gasteiger partial charge is 0.257 e. The summed E-state index contributed by atoms with van der Waals surface area (Å²) in [6, 6.07) is 2.22. The maximum atomic E-state index is 12.5. The lowest BCUT2D eigenvalue weighted by atomic mass is 9.85. The molecule has 3 nitrogen and oxygen atoms in total. The number of carbonyl (C=O) groups excluding carboxylic acids is 1. The predicted molar refractivity (Wildman–Crippen MR) is 71.7 cm³/mol. The lowest BCUT2D eigenvalue weighted by molar-refractivity contribution is 0.0627. The van der Waals surface area contributed by atoms with Gasteiger partial charge in [0.15, 0.2) is 0 Å². The van der Waals surface area contributed by atoms with Gasteiger partial charge in [0.05, 0.1) is 5.56 Å². The first-order valence-corrected chi connectivity index (χ1v) is 6.85. The molecular formula is C15H23NO2. The van der Waals surface area contributed by atoms with Gasteiger partial charge in [0.25, 0.3) is 5.91 Å². The SMILES string of the molecule is Cc1cc(C(=O)N(C)C2CCCCC2C)c(C)o1. The molecule has 3 heteroatoms. The van der Waals surface area contributed by atoms with Crippen LogP contribution in [0.4, 0.5) is 0 Å². The number of hydrogen-bond donors (Lipinski definition) is 0. The van der Waals surface area contributed by atoms with Crippen molar-refractivity contribution in [2.24, 2.45) is 5.92 Å². The highest BCUT2D eigenvalue weighted by atomic mass is 16.3. The van der Waals surface area contributed by atoms with Crippen molar-refractivity contribution < 1.29 is 9.21 Å². The molecule has 0 radical (unpaired) electrons. The van der Waals surface area contributed by atoms with E-state index in [0.29, 0.717) is 17.5 Å². The Morgan fingerprint density at radius 1 is 1.33 bits per heavy atom. The van der Waals surface area contributed by atoms with Crippen molar-refractivity contribution in [1.82, 2.24) is 4.90 Å². The molecule has 0 bridgehead atoms. The van der Waals surface area contributed by atoms with Crippen LogP contribution in [0.25, 0.3) is 0 Å². The summed E-state index contributed by atoms with van der Waals surface area (Å²) in [6.45, 7) is 5.99. The largest absolute Gasteiger partial charge is 0.466 e. The van der Waals surface area contributed by atoms with Crippen LogP contribution in [0.15, 0.2) is 10.5 Å². The molecule has 2 unspecified atom stereocenters. The maximum Gasteiger partial charge on any atom is 0.257 e. The quantitative estimate of drug-likeness (QED) is 0.803. The fourth-order valence-corrected chi connectivity index (χ4v) is 3.06. The summed E-state index contributed by atoms with van der Waals surface area (Å²) in [4.78, 5) is 14.4. The van der Waals surface area contributed by atoms with E-state index in [2.05, 4.69) is 6.92 Å². The van der Waals surface area contributed by atoms with Crippen molar-refractivity contribution in [2.75, 3.05) is 7.05 Å². The van der Waals surface area contributed by atoms with Crippen LogP contribution in [-0.2, 0) is 0 Å². The Bertz CT molecular complexity index is 436. The van der Waals surface area contributed by atoms with E-state index in [-0.39, 0.29) is 5.91 Å². The molecule has 2 rings (SSSR count). The molecule has 100 valence electrons. The molecule has 1 aromatic rings. The van der Waals surface area contributed by atoms with E-state index in [0.717, 1.165) is 17.9 Å². The van der Waals surface area contributed by atoms with Gasteiger partial charge in [-0.3, -0.25) is 4.79 Å². The van der Waals surface area contributed by atoms with Gasteiger partial charge in [-0.25, -0.2) is 0 Å². The first-order chi connectivity index (χ1) is 8.50. The monoisotopic (exact) mass is 249 g/mol. The molecule has 2 atom stereocenters. The number of furan rings is 1. The van der Waals surface area contributed by atoms with Crippen molar-refractivity contribution in [1.29, 1.82) is 0 Å². The lowest BCUT2D eigenvalue weighted by Gasteiger charge is -2.36. The van der Waals surface area contributed by atoms with Gasteiger partial charge in [0, 0.05) is 13.1 Å². The minimum absolute atomic E-state index is 0.100. The zero-order valence-corrected chi connectivity index (χ0v) is 11.8. The predicted octanol–water partition coefficient (Wildman–Crippen LogP) is 3.55. The molecule has 0 N–H and O–H groups in total. The fraction of sp³-hybridized carbons (Fsp3) is 0.667. The zero-order valence-electron chi connectivity index (χ0n) is 11.8. The normalized spacial score (nSPS) is 24.0. The Kier molecular flexibility index (Phi) is 3.79. The standard InChI is InChI=1S/C15H23NO2/c1-10-7-5-6-8-14(10)16(4)15(17)13-9-11(2)18-12(13)3/h9-10,14H,5-8H2,1-4H3. The van der Waals surface area contributed by atoms with Crippen molar-refractivity contribution >= 4 is 5.91 Å². The van der Waals surface area contributed by atoms with E-state index >= 15 is 0 Å². The summed E-state index contributed by atoms with van der Waals surface area (Å²) in [5, 5.41) is 0. The highest BCUT2D eigenvalue weighted by molar-refractivity contribution is 5.95. The van der Waals surface area contributed by atoms with Crippen LogP contribution < -0.4 is 0 Å². The molecule has 1 aromatic heterocycles. The second kappa shape index (κ2) is 5.17. The van der Waals surface area contributed by atoms with E-state index in [1.165, 1.54) is 19.3 Å². The van der Waals surface area contributed by atoms with E-state index in [1.54, 1.807) is 0 Å². The molecule has 0 aliphatic heterocycles. The van der Waals surface area contributed by atoms with Gasteiger partial charge in [0.2, 0.25) is 0 Å². The lowest BCUT2D eigenvalue weighted by Crippen LogP contribution is -2.42. The molecule has 1 aliphatic carbocycles. The third kappa shape index (κ3) is 2.45. The van der Waals surface area contributed by atoms with Crippen LogP contribution in [0.2, 0.25) is 0 Å². The number of hydrogen-bond acceptors (Lipinski definition) is 2. The molecule has 0 saturated heterocycles. The van der Waals surface area contributed by atoms with Crippen LogP contribution in [0.5, 0.6) is 0 Å². The molecule has 1 saturated carbocycles. The van der Waals surface area contributed by atoms with Crippen molar-refractivity contribution in [2.45, 2.75) is 52.5 Å². The van der Waals surface area contributed by atoms with Crippen LogP contribution >= 0.6 is 0 Å². The van der Waals surface area contributed by atoms with E-state index in [1.807, 2.05) is 31.9 Å². The van der Waals surface area contributed by atoms with Crippen molar-refractivity contribution in [3.8, 4) is 0 Å². The summed E-state index contributed by atoms with van der Waals surface area (Å²) in [5.41, 5.74) is 0.716. The number of aryl methyl sites for hydroxylation is 2. The van der Waals surface area contributed by atoms with Crippen LogP contribution in [0, 0.1) is 19.8 Å². The first kappa shape index (κ1) is 13.2. The van der Waals surface area contributed by atoms with Crippen molar-refractivity contribution in [3.05, 3.63) is 23.2 Å². The van der Waals surface area contributed by atoms with Gasteiger partial charge in [0.1, 0.15) is 11.5 Å². The zero-order chi connectivity index (χ0) is 13.3. The Morgan fingerprint density at radius 2 is 2.00 bits per heavy atom. The number of rotatable bonds is 2. The summed E-state index contributed by atoms with van der Waals surface area (Å²) in [7, 11) is 1.93. The van der Waals surface area contributed by atoms with E-state index in [4.69, 9.17) is 4.42 Å². The average Bonchev–Trinajstić information content (AvgIpc) is 2.67. The third-order valence-electron chi connectivity index (χ3n) is 4.16. The highest BCUT2D eigenvalue weighted by Gasteiger charge is 2.29. The van der Waals surface area contributed by atoms with Gasteiger partial charge in [-0.2, -0.15) is 0 Å². The number of amides is 1. The van der Waals surface area contributed by atoms with Gasteiger partial charge in [-0.05, 0) is 38.7 Å². The van der Waals surface area contributed by atoms with Crippen molar-refractivity contribution in [3.63, 3.8) is 0 Å². The maximum absolute atomic E-state index is 12.5. The van der Waals surface area contributed by atoms with Crippen LogP contribution in [0.3, 0.4) is 0 Å². The van der Waals surface area contributed by atoms with Gasteiger partial charge < -0.3 is 9.32 Å². The Balaban J connectivity index is 2.15. The Labute approximate surface area is 109 Å². The third-order valence-corrected chi connectivity index (χ3v) is 4.16. The molecule has 0 spiro atoms. The fourth-order valence-electron chi connectivity index (χ4n) is 3.06. The molecule has 1 amide bonds. The molecule has 0 aromatic carbocycles. The first-order valence-electron chi connectivity index (χ1n) is 6.85. The molecule has 1 heterocycles. The number of nitrogens with zero attached hydrogens (tertiary/aromatic N) is 1. The van der Waals surface area contributed by atoms with Gasteiger partial charge in [-0.1, -0.05) is 19.8 Å².